The lowest BCUT2D eigenvalue weighted by atomic mass is 9.82. The van der Waals surface area contributed by atoms with E-state index in [1.807, 2.05) is 19.9 Å². The molecule has 1 aromatic carbocycles. The van der Waals surface area contributed by atoms with Crippen LogP contribution in [-0.4, -0.2) is 25.6 Å². The van der Waals surface area contributed by atoms with Crippen LogP contribution in [0.5, 0.6) is 0 Å². The van der Waals surface area contributed by atoms with Gasteiger partial charge < -0.3 is 5.32 Å². The highest BCUT2D eigenvalue weighted by atomic mass is 32.2. The quantitative estimate of drug-likeness (QED) is 0.836. The number of amides is 1. The lowest BCUT2D eigenvalue weighted by molar-refractivity contribution is -0.122. The van der Waals surface area contributed by atoms with E-state index >= 15 is 0 Å². The molecule has 0 bridgehead atoms. The number of sulfone groups is 1. The minimum atomic E-state index is -3.43. The van der Waals surface area contributed by atoms with Gasteiger partial charge in [0, 0.05) is 12.0 Å². The van der Waals surface area contributed by atoms with E-state index in [0.717, 1.165) is 31.2 Å². The van der Waals surface area contributed by atoms with E-state index in [1.165, 1.54) is 5.56 Å². The number of hydrogen-bond donors (Lipinski definition) is 1. The highest BCUT2D eigenvalue weighted by molar-refractivity contribution is 7.91. The first-order valence-corrected chi connectivity index (χ1v) is 10.7. The second-order valence-electron chi connectivity index (χ2n) is 9.02. The normalized spacial score (nSPS) is 15.1. The Hall–Kier alpha value is -1.36. The summed E-state index contributed by atoms with van der Waals surface area (Å²) in [5.41, 5.74) is 2.12. The highest BCUT2D eigenvalue weighted by Gasteiger charge is 2.27. The lowest BCUT2D eigenvalue weighted by Crippen LogP contribution is -2.46. The fourth-order valence-electron chi connectivity index (χ4n) is 3.90. The van der Waals surface area contributed by atoms with Crippen molar-refractivity contribution in [3.8, 4) is 0 Å². The second kappa shape index (κ2) is 7.10. The summed E-state index contributed by atoms with van der Waals surface area (Å²) in [6, 6.07) is 5.39. The van der Waals surface area contributed by atoms with Crippen molar-refractivity contribution >= 4 is 15.7 Å². The van der Waals surface area contributed by atoms with Crippen LogP contribution in [0.2, 0.25) is 0 Å². The number of fused-ring (bicyclic) bond motifs is 1. The molecule has 0 saturated carbocycles. The van der Waals surface area contributed by atoms with Gasteiger partial charge in [-0.2, -0.15) is 0 Å². The van der Waals surface area contributed by atoms with Gasteiger partial charge in [0.15, 0.2) is 9.84 Å². The standard InChI is InChI=1S/C20H31NO3S/c1-19(2,3)14-20(4,5)21-18(22)11-12-25(23,24)17-10-9-15-7-6-8-16(15)13-17/h9-10,13H,6-8,11-12,14H2,1-5H3,(H,21,22). The summed E-state index contributed by atoms with van der Waals surface area (Å²) >= 11 is 0. The van der Waals surface area contributed by atoms with Gasteiger partial charge in [0.2, 0.25) is 5.91 Å². The van der Waals surface area contributed by atoms with Crippen LogP contribution in [0.4, 0.5) is 0 Å². The summed E-state index contributed by atoms with van der Waals surface area (Å²) in [6.07, 6.45) is 3.88. The molecule has 1 aliphatic carbocycles. The largest absolute Gasteiger partial charge is 0.351 e. The second-order valence-corrected chi connectivity index (χ2v) is 11.1. The van der Waals surface area contributed by atoms with Gasteiger partial charge in [-0.1, -0.05) is 26.8 Å². The summed E-state index contributed by atoms with van der Waals surface area (Å²) in [7, 11) is -3.43. The number of nitrogens with one attached hydrogen (secondary N) is 1. The van der Waals surface area contributed by atoms with Gasteiger partial charge in [-0.25, -0.2) is 8.42 Å². The van der Waals surface area contributed by atoms with E-state index in [0.29, 0.717) is 4.90 Å². The smallest absolute Gasteiger partial charge is 0.221 e. The molecule has 25 heavy (non-hydrogen) atoms. The zero-order valence-electron chi connectivity index (χ0n) is 16.1. The molecular weight excluding hydrogens is 334 g/mol. The molecule has 2 rings (SSSR count). The van der Waals surface area contributed by atoms with Crippen LogP contribution in [-0.2, 0) is 27.5 Å². The topological polar surface area (TPSA) is 63.2 Å². The van der Waals surface area contributed by atoms with Gasteiger partial charge in [0.25, 0.3) is 0 Å². The maximum atomic E-state index is 12.6. The van der Waals surface area contributed by atoms with Crippen molar-refractivity contribution in [2.75, 3.05) is 5.75 Å². The van der Waals surface area contributed by atoms with E-state index in [-0.39, 0.29) is 29.0 Å². The van der Waals surface area contributed by atoms with Gasteiger partial charge >= 0.3 is 0 Å². The maximum Gasteiger partial charge on any atom is 0.221 e. The van der Waals surface area contributed by atoms with Crippen LogP contribution in [0.1, 0.15) is 65.0 Å². The summed E-state index contributed by atoms with van der Waals surface area (Å²) in [4.78, 5) is 12.6. The number of hydrogen-bond acceptors (Lipinski definition) is 3. The van der Waals surface area contributed by atoms with Crippen LogP contribution in [0.25, 0.3) is 0 Å². The van der Waals surface area contributed by atoms with Crippen LogP contribution in [0, 0.1) is 5.41 Å². The van der Waals surface area contributed by atoms with Gasteiger partial charge in [-0.15, -0.1) is 0 Å². The third-order valence-electron chi connectivity index (χ3n) is 4.48. The number of aryl methyl sites for hydroxylation is 2. The van der Waals surface area contributed by atoms with Crippen molar-refractivity contribution in [2.24, 2.45) is 5.41 Å². The molecule has 0 fully saturated rings. The van der Waals surface area contributed by atoms with E-state index in [2.05, 4.69) is 26.1 Å². The molecule has 0 radical (unpaired) electrons. The Kier molecular flexibility index (Phi) is 5.67. The van der Waals surface area contributed by atoms with Gasteiger partial charge in [-0.05, 0) is 68.2 Å². The Morgan fingerprint density at radius 1 is 1.08 bits per heavy atom. The minimum absolute atomic E-state index is 0.00695. The zero-order chi connectivity index (χ0) is 18.9. The van der Waals surface area contributed by atoms with E-state index in [9.17, 15) is 13.2 Å². The van der Waals surface area contributed by atoms with Gasteiger partial charge in [0.1, 0.15) is 0 Å². The molecule has 5 heteroatoms. The third-order valence-corrected chi connectivity index (χ3v) is 6.19. The lowest BCUT2D eigenvalue weighted by Gasteiger charge is -2.33. The molecule has 4 nitrogen and oxygen atoms in total. The SMILES string of the molecule is CC(C)(C)CC(C)(C)NC(=O)CCS(=O)(=O)c1ccc2c(c1)CCC2. The van der Waals surface area contributed by atoms with Crippen molar-refractivity contribution in [1.29, 1.82) is 0 Å². The summed E-state index contributed by atoms with van der Waals surface area (Å²) in [5.74, 6) is -0.359. The Balaban J connectivity index is 1.96. The highest BCUT2D eigenvalue weighted by Crippen LogP contribution is 2.27. The summed E-state index contributed by atoms with van der Waals surface area (Å²) in [6.45, 7) is 10.3. The monoisotopic (exact) mass is 365 g/mol. The van der Waals surface area contributed by atoms with Crippen molar-refractivity contribution in [2.45, 2.75) is 77.2 Å². The molecule has 0 unspecified atom stereocenters. The molecule has 0 aromatic heterocycles. The first-order chi connectivity index (χ1) is 11.4. The molecule has 140 valence electrons. The summed E-state index contributed by atoms with van der Waals surface area (Å²) in [5, 5.41) is 2.98. The minimum Gasteiger partial charge on any atom is -0.351 e. The van der Waals surface area contributed by atoms with Gasteiger partial charge in [-0.3, -0.25) is 4.79 Å². The van der Waals surface area contributed by atoms with E-state index in [1.54, 1.807) is 12.1 Å². The third kappa shape index (κ3) is 5.84. The molecule has 0 atom stereocenters. The van der Waals surface area contributed by atoms with Crippen molar-refractivity contribution in [1.82, 2.24) is 5.32 Å². The molecule has 1 aliphatic rings. The van der Waals surface area contributed by atoms with E-state index < -0.39 is 9.84 Å². The zero-order valence-corrected chi connectivity index (χ0v) is 16.9. The van der Waals surface area contributed by atoms with Crippen LogP contribution in [0.15, 0.2) is 23.1 Å². The molecular formula is C20H31NO3S. The van der Waals surface area contributed by atoms with Crippen LogP contribution in [0.3, 0.4) is 0 Å². The van der Waals surface area contributed by atoms with Crippen LogP contribution >= 0.6 is 0 Å². The van der Waals surface area contributed by atoms with Crippen molar-refractivity contribution in [3.05, 3.63) is 29.3 Å². The number of carbonyl (C=O) groups is 1. The average Bonchev–Trinajstić information content (AvgIpc) is 2.89. The maximum absolute atomic E-state index is 12.6. The fraction of sp³-hybridized carbons (Fsp3) is 0.650. The Bertz CT molecular complexity index is 743. The predicted octanol–water partition coefficient (Wildman–Crippen LogP) is 3.67. The number of benzene rings is 1. The number of carbonyl (C=O) groups excluding carboxylic acids is 1. The Morgan fingerprint density at radius 3 is 2.36 bits per heavy atom. The van der Waals surface area contributed by atoms with Gasteiger partial charge in [0.05, 0.1) is 10.6 Å². The first kappa shape index (κ1) is 20.0. The Morgan fingerprint density at radius 2 is 1.72 bits per heavy atom. The Labute approximate surface area is 152 Å². The fourth-order valence-corrected chi connectivity index (χ4v) is 5.18. The molecule has 0 heterocycles. The summed E-state index contributed by atoms with van der Waals surface area (Å²) < 4.78 is 25.1. The van der Waals surface area contributed by atoms with Crippen molar-refractivity contribution < 1.29 is 13.2 Å². The molecule has 1 aromatic rings. The first-order valence-electron chi connectivity index (χ1n) is 9.04. The number of rotatable bonds is 6. The molecule has 0 spiro atoms. The molecule has 0 aliphatic heterocycles. The molecule has 0 saturated heterocycles. The predicted molar refractivity (Wildman–Crippen MR) is 101 cm³/mol. The van der Waals surface area contributed by atoms with Crippen LogP contribution < -0.4 is 5.32 Å². The average molecular weight is 366 g/mol. The molecule has 1 amide bonds. The molecule has 1 N–H and O–H groups in total. The van der Waals surface area contributed by atoms with E-state index in [4.69, 9.17) is 0 Å². The van der Waals surface area contributed by atoms with Crippen molar-refractivity contribution in [3.63, 3.8) is 0 Å².